The fourth-order valence-corrected chi connectivity index (χ4v) is 4.11. The number of anilines is 1. The van der Waals surface area contributed by atoms with E-state index >= 15 is 0 Å². The third-order valence-electron chi connectivity index (χ3n) is 5.47. The molecule has 0 saturated heterocycles. The highest BCUT2D eigenvalue weighted by Gasteiger charge is 2.37. The number of Topliss-reactive ketones (excluding diaryl/α,β-unsaturated/α-hetero) is 1. The first-order valence-corrected chi connectivity index (χ1v) is 10.0. The maximum absolute atomic E-state index is 13.0. The molecule has 1 atom stereocenters. The molecular formula is C21H26N4O5. The molecular weight excluding hydrogens is 388 g/mol. The first-order chi connectivity index (χ1) is 14.6. The lowest BCUT2D eigenvalue weighted by molar-refractivity contribution is -0.116. The van der Waals surface area contributed by atoms with Gasteiger partial charge >= 0.3 is 0 Å². The van der Waals surface area contributed by atoms with E-state index < -0.39 is 6.04 Å². The van der Waals surface area contributed by atoms with E-state index in [1.165, 1.54) is 0 Å². The molecule has 30 heavy (non-hydrogen) atoms. The fourth-order valence-electron chi connectivity index (χ4n) is 4.11. The van der Waals surface area contributed by atoms with E-state index in [9.17, 15) is 4.79 Å². The Kier molecular flexibility index (Phi) is 5.63. The second-order valence-corrected chi connectivity index (χ2v) is 7.28. The van der Waals surface area contributed by atoms with Crippen LogP contribution in [0.2, 0.25) is 0 Å². The minimum atomic E-state index is -0.451. The Morgan fingerprint density at radius 1 is 1.17 bits per heavy atom. The zero-order valence-corrected chi connectivity index (χ0v) is 17.4. The largest absolute Gasteiger partial charge is 0.493 e. The van der Waals surface area contributed by atoms with Crippen molar-refractivity contribution in [1.29, 1.82) is 0 Å². The van der Waals surface area contributed by atoms with Crippen LogP contribution >= 0.6 is 0 Å². The van der Waals surface area contributed by atoms with Crippen LogP contribution < -0.4 is 19.5 Å². The Bertz CT molecular complexity index is 972. The van der Waals surface area contributed by atoms with Crippen LogP contribution in [0.4, 0.5) is 5.95 Å². The lowest BCUT2D eigenvalue weighted by Crippen LogP contribution is -2.31. The van der Waals surface area contributed by atoms with Gasteiger partial charge in [0.05, 0.1) is 21.3 Å². The van der Waals surface area contributed by atoms with Crippen molar-refractivity contribution in [2.75, 3.05) is 33.3 Å². The van der Waals surface area contributed by atoms with Crippen LogP contribution in [0.3, 0.4) is 0 Å². The van der Waals surface area contributed by atoms with Crippen LogP contribution in [0.1, 0.15) is 43.1 Å². The summed E-state index contributed by atoms with van der Waals surface area (Å²) in [6.07, 6.45) is 3.21. The number of ether oxygens (including phenoxy) is 3. The molecule has 0 spiro atoms. The number of hydrogen-bond acceptors (Lipinski definition) is 8. The zero-order valence-electron chi connectivity index (χ0n) is 17.4. The Morgan fingerprint density at radius 3 is 2.53 bits per heavy atom. The van der Waals surface area contributed by atoms with Gasteiger partial charge in [0.25, 0.3) is 0 Å². The summed E-state index contributed by atoms with van der Waals surface area (Å²) in [5, 5.41) is 17.1. The first kappa shape index (κ1) is 20.2. The van der Waals surface area contributed by atoms with E-state index in [1.807, 2.05) is 12.1 Å². The van der Waals surface area contributed by atoms with Gasteiger partial charge in [0.15, 0.2) is 23.1 Å². The normalized spacial score (nSPS) is 17.9. The van der Waals surface area contributed by atoms with Crippen molar-refractivity contribution in [2.24, 2.45) is 0 Å². The number of methoxy groups -OCH3 is 3. The number of rotatable bonds is 7. The highest BCUT2D eigenvalue weighted by atomic mass is 16.5. The number of ketones is 1. The third-order valence-corrected chi connectivity index (χ3v) is 5.47. The van der Waals surface area contributed by atoms with Crippen LogP contribution in [0.5, 0.6) is 17.2 Å². The molecule has 1 aromatic carbocycles. The minimum Gasteiger partial charge on any atom is -0.493 e. The highest BCUT2D eigenvalue weighted by Crippen LogP contribution is 2.45. The summed E-state index contributed by atoms with van der Waals surface area (Å²) in [6.45, 7) is 0.0703. The van der Waals surface area contributed by atoms with Gasteiger partial charge in [0.1, 0.15) is 6.04 Å². The molecule has 1 unspecified atom stereocenters. The van der Waals surface area contributed by atoms with Crippen molar-refractivity contribution in [3.63, 3.8) is 0 Å². The standard InChI is InChI=1S/C21H26N4O5/c1-28-15-10-12(11-16(29-2)20(15)30-3)19-18-13(6-4-7-14(18)27)22-21-23-17(8-5-9-26)24-25(19)21/h10-11,19,26H,4-9H2,1-3H3,(H,22,23,24). The molecule has 160 valence electrons. The average molecular weight is 414 g/mol. The number of fused-ring (bicyclic) bond motifs is 1. The van der Waals surface area contributed by atoms with Crippen LogP contribution in [0.25, 0.3) is 0 Å². The summed E-state index contributed by atoms with van der Waals surface area (Å²) in [5.41, 5.74) is 2.38. The van der Waals surface area contributed by atoms with Gasteiger partial charge < -0.3 is 24.6 Å². The number of aromatic nitrogens is 3. The van der Waals surface area contributed by atoms with E-state index in [4.69, 9.17) is 19.3 Å². The third kappa shape index (κ3) is 3.39. The maximum Gasteiger partial charge on any atom is 0.226 e. The van der Waals surface area contributed by atoms with E-state index in [2.05, 4.69) is 15.4 Å². The summed E-state index contributed by atoms with van der Waals surface area (Å²) >= 11 is 0. The number of aliphatic hydroxyl groups excluding tert-OH is 1. The summed E-state index contributed by atoms with van der Waals surface area (Å²) in [6, 6.07) is 3.25. The Balaban J connectivity index is 1.89. The molecule has 2 heterocycles. The van der Waals surface area contributed by atoms with Crippen LogP contribution in [0.15, 0.2) is 23.4 Å². The molecule has 0 saturated carbocycles. The summed E-state index contributed by atoms with van der Waals surface area (Å²) in [4.78, 5) is 17.5. The Labute approximate surface area is 174 Å². The minimum absolute atomic E-state index is 0.0703. The number of nitrogens with zero attached hydrogens (tertiary/aromatic N) is 3. The van der Waals surface area contributed by atoms with Gasteiger partial charge in [-0.25, -0.2) is 4.68 Å². The molecule has 0 bridgehead atoms. The van der Waals surface area contributed by atoms with E-state index in [0.717, 1.165) is 24.1 Å². The molecule has 2 N–H and O–H groups in total. The van der Waals surface area contributed by atoms with Gasteiger partial charge in [-0.05, 0) is 37.0 Å². The van der Waals surface area contributed by atoms with Crippen molar-refractivity contribution in [2.45, 2.75) is 38.1 Å². The van der Waals surface area contributed by atoms with Gasteiger partial charge in [0.2, 0.25) is 11.7 Å². The Hall–Kier alpha value is -3.07. The molecule has 9 nitrogen and oxygen atoms in total. The molecule has 0 amide bonds. The number of aliphatic hydroxyl groups is 1. The molecule has 1 aliphatic carbocycles. The first-order valence-electron chi connectivity index (χ1n) is 10.0. The number of allylic oxidation sites excluding steroid dienone is 2. The lowest BCUT2D eigenvalue weighted by atomic mass is 9.85. The maximum atomic E-state index is 13.0. The molecule has 1 aromatic heterocycles. The average Bonchev–Trinajstić information content (AvgIpc) is 3.17. The number of hydrogen-bond donors (Lipinski definition) is 2. The summed E-state index contributed by atoms with van der Waals surface area (Å²) in [7, 11) is 4.68. The van der Waals surface area contributed by atoms with E-state index in [1.54, 1.807) is 26.0 Å². The topological polar surface area (TPSA) is 108 Å². The van der Waals surface area contributed by atoms with Gasteiger partial charge in [-0.15, -0.1) is 0 Å². The Morgan fingerprint density at radius 2 is 1.90 bits per heavy atom. The van der Waals surface area contributed by atoms with Crippen LogP contribution in [-0.2, 0) is 11.2 Å². The molecule has 0 radical (unpaired) electrons. The predicted molar refractivity (Wildman–Crippen MR) is 109 cm³/mol. The number of benzene rings is 1. The number of carbonyl (C=O) groups is 1. The summed E-state index contributed by atoms with van der Waals surface area (Å²) in [5.74, 6) is 2.83. The SMILES string of the molecule is COc1cc(C2C3=C(CCCC3=O)Nc3nc(CCCO)nn32)cc(OC)c1OC. The molecule has 0 fully saturated rings. The second-order valence-electron chi connectivity index (χ2n) is 7.28. The van der Waals surface area contributed by atoms with Crippen molar-refractivity contribution in [3.8, 4) is 17.2 Å². The van der Waals surface area contributed by atoms with Crippen molar-refractivity contribution in [3.05, 3.63) is 34.8 Å². The predicted octanol–water partition coefficient (Wildman–Crippen LogP) is 2.25. The van der Waals surface area contributed by atoms with Gasteiger partial charge in [-0.1, -0.05) is 0 Å². The van der Waals surface area contributed by atoms with Crippen molar-refractivity contribution >= 4 is 11.7 Å². The van der Waals surface area contributed by atoms with Crippen LogP contribution in [-0.4, -0.2) is 53.6 Å². The molecule has 4 rings (SSSR count). The monoisotopic (exact) mass is 414 g/mol. The fraction of sp³-hybridized carbons (Fsp3) is 0.476. The van der Waals surface area contributed by atoms with Crippen molar-refractivity contribution < 1.29 is 24.1 Å². The summed E-state index contributed by atoms with van der Waals surface area (Å²) < 4.78 is 18.2. The van der Waals surface area contributed by atoms with Gasteiger partial charge in [-0.2, -0.15) is 10.1 Å². The zero-order chi connectivity index (χ0) is 21.3. The molecule has 9 heteroatoms. The smallest absolute Gasteiger partial charge is 0.226 e. The highest BCUT2D eigenvalue weighted by molar-refractivity contribution is 5.99. The molecule has 2 aliphatic rings. The quantitative estimate of drug-likeness (QED) is 0.710. The van der Waals surface area contributed by atoms with Crippen molar-refractivity contribution in [1.82, 2.24) is 14.8 Å². The molecule has 2 aromatic rings. The number of carbonyl (C=O) groups excluding carboxylic acids is 1. The molecule has 1 aliphatic heterocycles. The van der Waals surface area contributed by atoms with E-state index in [0.29, 0.717) is 53.9 Å². The lowest BCUT2D eigenvalue weighted by Gasteiger charge is -2.32. The van der Waals surface area contributed by atoms with Gasteiger partial charge in [-0.3, -0.25) is 4.79 Å². The van der Waals surface area contributed by atoms with E-state index in [-0.39, 0.29) is 12.4 Å². The van der Waals surface area contributed by atoms with Gasteiger partial charge in [0, 0.05) is 30.7 Å². The number of aryl methyl sites for hydroxylation is 1. The second kappa shape index (κ2) is 8.35. The van der Waals surface area contributed by atoms with Crippen LogP contribution in [0, 0.1) is 0 Å². The number of nitrogens with one attached hydrogen (secondary N) is 1.